The smallest absolute Gasteiger partial charge is 0.410 e. The van der Waals surface area contributed by atoms with Gasteiger partial charge in [-0.25, -0.2) is 43.9 Å². The summed E-state index contributed by atoms with van der Waals surface area (Å²) in [5.41, 5.74) is -1.64. The molecular weight excluding hydrogens is 1250 g/mol. The standard InChI is InChI=1S/C34H35F3N6O4S.C33H29F3N6O4/c1-4-24-27(36)7-6-20-14-22(44)15-25(28(20)24)30-29(37)31-26(17-38-30)32(42-12-8-23(9-13-42)48(45,46)41(2)3)40-33(39-31)47-19-34-10-5-11-43(34)18-21(35)16-34;1-2-22-25(35)5-4-18-10-21(43)11-23(26(18)22)28-27(36)29-24(13-37-28)30(40-8-9-42-20(15-40)16-45-32(42)44)39-31(38-29)46-17-33-6-3-7-41(33)14-19(34)12-33/h1,6-7,14-15,17,21,23,44H,5,8-13,16,18-19H2,2-3H3;1,4-5,10-11,13,19-20,43H,3,6-9,12,14-17H2. The molecular formula is C67H64F6N12O8S. The number of anilines is 2. The summed E-state index contributed by atoms with van der Waals surface area (Å²) in [4.78, 5) is 49.0. The number of benzene rings is 4. The average molecular weight is 1310 g/mol. The lowest BCUT2D eigenvalue weighted by molar-refractivity contribution is 0.107. The van der Waals surface area contributed by atoms with E-state index in [1.165, 1.54) is 79.3 Å². The highest BCUT2D eigenvalue weighted by Gasteiger charge is 2.51. The molecule has 7 aliphatic heterocycles. The van der Waals surface area contributed by atoms with E-state index < -0.39 is 62.0 Å². The highest BCUT2D eigenvalue weighted by Crippen LogP contribution is 2.45. The Morgan fingerprint density at radius 2 is 1.16 bits per heavy atom. The number of phenols is 2. The van der Waals surface area contributed by atoms with Gasteiger partial charge in [-0.1, -0.05) is 24.0 Å². The van der Waals surface area contributed by atoms with Crippen molar-refractivity contribution in [2.75, 3.05) is 103 Å². The third kappa shape index (κ3) is 10.8. The Bertz CT molecular complexity index is 4630. The van der Waals surface area contributed by atoms with Gasteiger partial charge >= 0.3 is 18.1 Å². The number of aromatic nitrogens is 6. The number of hydrogen-bond acceptors (Lipinski definition) is 18. The molecule has 1 amide bonds. The maximum atomic E-state index is 16.8. The number of cyclic esters (lactones) is 1. The van der Waals surface area contributed by atoms with E-state index in [1.54, 1.807) is 4.90 Å². The fourth-order valence-corrected chi connectivity index (χ4v) is 16.6. The molecule has 7 saturated heterocycles. The van der Waals surface area contributed by atoms with Gasteiger partial charge < -0.3 is 34.2 Å². The van der Waals surface area contributed by atoms with Crippen molar-refractivity contribution in [3.05, 3.63) is 95.3 Å². The first-order chi connectivity index (χ1) is 45.2. The number of terminal acetylenes is 2. The van der Waals surface area contributed by atoms with E-state index in [4.69, 9.17) is 32.0 Å². The first kappa shape index (κ1) is 62.4. The summed E-state index contributed by atoms with van der Waals surface area (Å²) < 4.78 is 137. The number of carbonyl (C=O) groups is 1. The number of pyridine rings is 2. The van der Waals surface area contributed by atoms with Gasteiger partial charge in [-0.15, -0.1) is 12.8 Å². The lowest BCUT2D eigenvalue weighted by Gasteiger charge is -2.36. The Morgan fingerprint density at radius 1 is 0.670 bits per heavy atom. The maximum absolute atomic E-state index is 16.8. The van der Waals surface area contributed by atoms with Crippen LogP contribution in [0.15, 0.2) is 60.9 Å². The Labute approximate surface area is 536 Å². The van der Waals surface area contributed by atoms with Crippen molar-refractivity contribution >= 4 is 71.1 Å². The molecule has 5 atom stereocenters. The van der Waals surface area contributed by atoms with E-state index >= 15 is 8.78 Å². The monoisotopic (exact) mass is 1310 g/mol. The molecule has 7 aliphatic rings. The molecule has 94 heavy (non-hydrogen) atoms. The minimum atomic E-state index is -3.48. The van der Waals surface area contributed by atoms with Gasteiger partial charge in [0.05, 0.1) is 44.3 Å². The van der Waals surface area contributed by atoms with E-state index in [1.807, 2.05) is 9.80 Å². The van der Waals surface area contributed by atoms with Gasteiger partial charge in [-0.05, 0) is 98.8 Å². The van der Waals surface area contributed by atoms with Crippen molar-refractivity contribution in [3.8, 4) is 70.7 Å². The third-order valence-electron chi connectivity index (χ3n) is 19.7. The van der Waals surface area contributed by atoms with Crippen molar-refractivity contribution in [3.63, 3.8) is 0 Å². The second-order valence-electron chi connectivity index (χ2n) is 25.5. The predicted molar refractivity (Wildman–Crippen MR) is 339 cm³/mol. The van der Waals surface area contributed by atoms with Crippen molar-refractivity contribution in [2.24, 2.45) is 0 Å². The van der Waals surface area contributed by atoms with E-state index in [-0.39, 0.29) is 116 Å². The topological polar surface area (TPSA) is 216 Å². The number of nitrogens with zero attached hydrogens (tertiary/aromatic N) is 12. The van der Waals surface area contributed by atoms with Crippen molar-refractivity contribution < 1.29 is 64.0 Å². The summed E-state index contributed by atoms with van der Waals surface area (Å²) >= 11 is 0. The number of phenolic OH excluding ortho intramolecular Hbond substituents is 2. The first-order valence-electron chi connectivity index (χ1n) is 31.1. The second-order valence-corrected chi connectivity index (χ2v) is 27.9. The molecule has 488 valence electrons. The number of carbonyl (C=O) groups excluding carboxylic acids is 1. The summed E-state index contributed by atoms with van der Waals surface area (Å²) in [6.07, 6.45) is 16.5. The van der Waals surface area contributed by atoms with Gasteiger partial charge in [0.25, 0.3) is 0 Å². The highest BCUT2D eigenvalue weighted by molar-refractivity contribution is 7.89. The molecule has 15 rings (SSSR count). The molecule has 11 heterocycles. The van der Waals surface area contributed by atoms with Crippen LogP contribution in [-0.2, 0) is 14.8 Å². The molecule has 20 nitrogen and oxygen atoms in total. The van der Waals surface area contributed by atoms with Gasteiger partial charge in [0.2, 0.25) is 10.0 Å². The van der Waals surface area contributed by atoms with Gasteiger partial charge in [-0.2, -0.15) is 19.9 Å². The van der Waals surface area contributed by atoms with E-state index in [2.05, 4.69) is 46.6 Å². The molecule has 0 aliphatic carbocycles. The van der Waals surface area contributed by atoms with Crippen LogP contribution in [-0.4, -0.2) is 201 Å². The Hall–Kier alpha value is -9.02. The number of fused-ring (bicyclic) bond motifs is 7. The van der Waals surface area contributed by atoms with E-state index in [9.17, 15) is 41.0 Å². The van der Waals surface area contributed by atoms with Gasteiger partial charge in [0, 0.05) is 107 Å². The number of amides is 1. The fraction of sp³-hybridized carbons (Fsp3) is 0.418. The van der Waals surface area contributed by atoms with Gasteiger partial charge in [-0.3, -0.25) is 24.7 Å². The van der Waals surface area contributed by atoms with Crippen LogP contribution in [0, 0.1) is 48.0 Å². The lowest BCUT2D eigenvalue weighted by Crippen LogP contribution is -2.52. The van der Waals surface area contributed by atoms with E-state index in [0.717, 1.165) is 38.8 Å². The van der Waals surface area contributed by atoms with Gasteiger partial charge in [0.15, 0.2) is 11.6 Å². The van der Waals surface area contributed by atoms with Crippen LogP contribution in [0.1, 0.15) is 62.5 Å². The number of hydrogen-bond donors (Lipinski definition) is 2. The number of alkyl halides is 2. The molecule has 0 spiro atoms. The Morgan fingerprint density at radius 3 is 1.64 bits per heavy atom. The number of aromatic hydroxyl groups is 2. The summed E-state index contributed by atoms with van der Waals surface area (Å²) in [7, 11) is -0.468. The number of piperidine rings is 1. The maximum Gasteiger partial charge on any atom is 0.410 e. The average Bonchev–Trinajstić information content (AvgIpc) is 1.20. The molecule has 5 unspecified atom stereocenters. The minimum absolute atomic E-state index is 0.0783. The summed E-state index contributed by atoms with van der Waals surface area (Å²) in [5.74, 6) is 1.94. The largest absolute Gasteiger partial charge is 0.508 e. The second kappa shape index (κ2) is 24.1. The van der Waals surface area contributed by atoms with Crippen molar-refractivity contribution in [1.82, 2.24) is 48.9 Å². The van der Waals surface area contributed by atoms with Crippen LogP contribution in [0.3, 0.4) is 0 Å². The van der Waals surface area contributed by atoms with Crippen LogP contribution in [0.2, 0.25) is 0 Å². The molecule has 2 N–H and O–H groups in total. The third-order valence-corrected chi connectivity index (χ3v) is 22.1. The first-order valence-corrected chi connectivity index (χ1v) is 32.6. The highest BCUT2D eigenvalue weighted by atomic mass is 32.2. The molecule has 0 saturated carbocycles. The summed E-state index contributed by atoms with van der Waals surface area (Å²) in [5, 5.41) is 22.2. The zero-order chi connectivity index (χ0) is 65.7. The zero-order valence-corrected chi connectivity index (χ0v) is 52.1. The molecule has 7 fully saturated rings. The fourth-order valence-electron chi connectivity index (χ4n) is 15.2. The summed E-state index contributed by atoms with van der Waals surface area (Å²) in [6, 6.07) is 10.2. The number of halogens is 6. The van der Waals surface area contributed by atoms with Crippen molar-refractivity contribution in [1.29, 1.82) is 0 Å². The quantitative estimate of drug-likeness (QED) is 0.0861. The molecule has 0 bridgehead atoms. The van der Waals surface area contributed by atoms with Crippen molar-refractivity contribution in [2.45, 2.75) is 86.1 Å². The predicted octanol–water partition coefficient (Wildman–Crippen LogP) is 9.03. The van der Waals surface area contributed by atoms with Gasteiger partial charge in [0.1, 0.15) is 89.4 Å². The Balaban J connectivity index is 0.000000163. The van der Waals surface area contributed by atoms with Crippen LogP contribution < -0.4 is 19.3 Å². The molecule has 8 aromatic rings. The molecule has 4 aromatic heterocycles. The van der Waals surface area contributed by atoms with Crippen LogP contribution in [0.25, 0.3) is 65.9 Å². The SMILES string of the molecule is C#Cc1c(F)ccc2cc(O)cc(-c3ncc4c(N5CCC(S(=O)(=O)N(C)C)CC5)nc(OCC56CCCN5CC(F)C6)nc4c3F)c12.C#Cc1c(F)ccc2cc(O)cc(-c3ncc4c(N5CCN6C(=O)OCC6C5)nc(OCC56CCCN5CC(F)C6)nc4c3F)c12. The van der Waals surface area contributed by atoms with Crippen LogP contribution in [0.5, 0.6) is 23.5 Å². The van der Waals surface area contributed by atoms with Crippen LogP contribution in [0.4, 0.5) is 42.8 Å². The lowest BCUT2D eigenvalue weighted by atomic mass is 9.95. The molecule has 4 aromatic carbocycles. The van der Waals surface area contributed by atoms with Crippen LogP contribution >= 0.6 is 0 Å². The summed E-state index contributed by atoms with van der Waals surface area (Å²) in [6.45, 7) is 4.48. The zero-order valence-electron chi connectivity index (χ0n) is 51.3. The normalized spacial score (nSPS) is 23.2. The number of rotatable bonds is 12. The molecule has 0 radical (unpaired) electrons. The van der Waals surface area contributed by atoms with E-state index in [0.29, 0.717) is 99.3 Å². The minimum Gasteiger partial charge on any atom is -0.508 e. The molecule has 27 heteroatoms. The Kier molecular flexibility index (Phi) is 16.0. The number of sulfonamides is 1. The number of ether oxygens (including phenoxy) is 3. The number of piperazine rings is 1.